The molecule has 6 nitrogen and oxygen atoms in total. The van der Waals surface area contributed by atoms with Crippen LogP contribution in [0.1, 0.15) is 29.8 Å². The zero-order chi connectivity index (χ0) is 14.7. The summed E-state index contributed by atoms with van der Waals surface area (Å²) in [6.45, 7) is 0. The summed E-state index contributed by atoms with van der Waals surface area (Å²) in [5.41, 5.74) is 1.09. The SMILES string of the molecule is CN(C)C(=O)c1cc(NC2CCCC2C(=O)O)ccn1. The monoisotopic (exact) mass is 277 g/mol. The number of carboxylic acids is 1. The average molecular weight is 277 g/mol. The number of nitrogens with one attached hydrogen (secondary N) is 1. The zero-order valence-electron chi connectivity index (χ0n) is 11.7. The molecule has 6 heteroatoms. The summed E-state index contributed by atoms with van der Waals surface area (Å²) in [4.78, 5) is 28.5. The number of pyridine rings is 1. The van der Waals surface area contributed by atoms with Crippen molar-refractivity contribution in [2.24, 2.45) is 5.92 Å². The van der Waals surface area contributed by atoms with Gasteiger partial charge in [0.15, 0.2) is 0 Å². The third-order valence-electron chi connectivity index (χ3n) is 3.57. The lowest BCUT2D eigenvalue weighted by Gasteiger charge is -2.19. The highest BCUT2D eigenvalue weighted by Crippen LogP contribution is 2.28. The molecule has 1 aliphatic rings. The smallest absolute Gasteiger partial charge is 0.308 e. The van der Waals surface area contributed by atoms with Gasteiger partial charge in [0, 0.05) is 32.0 Å². The molecular weight excluding hydrogens is 258 g/mol. The molecule has 2 unspecified atom stereocenters. The Hall–Kier alpha value is -2.11. The topological polar surface area (TPSA) is 82.5 Å². The van der Waals surface area contributed by atoms with Gasteiger partial charge in [-0.1, -0.05) is 6.42 Å². The number of hydrogen-bond acceptors (Lipinski definition) is 4. The number of carbonyl (C=O) groups is 2. The molecule has 0 bridgehead atoms. The summed E-state index contributed by atoms with van der Waals surface area (Å²) in [6, 6.07) is 3.33. The number of anilines is 1. The van der Waals surface area contributed by atoms with E-state index in [0.29, 0.717) is 12.1 Å². The second-order valence-corrected chi connectivity index (χ2v) is 5.26. The van der Waals surface area contributed by atoms with Crippen molar-refractivity contribution >= 4 is 17.6 Å². The van der Waals surface area contributed by atoms with Crippen molar-refractivity contribution in [3.63, 3.8) is 0 Å². The summed E-state index contributed by atoms with van der Waals surface area (Å²) in [7, 11) is 3.34. The molecule has 0 aromatic carbocycles. The first kappa shape index (κ1) is 14.3. The number of amides is 1. The predicted molar refractivity (Wildman–Crippen MR) is 74.6 cm³/mol. The van der Waals surface area contributed by atoms with Crippen LogP contribution in [0.4, 0.5) is 5.69 Å². The largest absolute Gasteiger partial charge is 0.481 e. The molecule has 1 aromatic rings. The number of aliphatic carboxylic acids is 1. The van der Waals surface area contributed by atoms with Gasteiger partial charge in [-0.2, -0.15) is 0 Å². The van der Waals surface area contributed by atoms with Gasteiger partial charge >= 0.3 is 5.97 Å². The fourth-order valence-corrected chi connectivity index (χ4v) is 2.51. The van der Waals surface area contributed by atoms with Crippen molar-refractivity contribution < 1.29 is 14.7 Å². The van der Waals surface area contributed by atoms with E-state index in [1.54, 1.807) is 32.4 Å². The lowest BCUT2D eigenvalue weighted by Crippen LogP contribution is -2.30. The fourth-order valence-electron chi connectivity index (χ4n) is 2.51. The van der Waals surface area contributed by atoms with Crippen LogP contribution in [0.5, 0.6) is 0 Å². The molecule has 0 saturated heterocycles. The summed E-state index contributed by atoms with van der Waals surface area (Å²) in [6.07, 6.45) is 3.99. The van der Waals surface area contributed by atoms with E-state index in [9.17, 15) is 9.59 Å². The van der Waals surface area contributed by atoms with Gasteiger partial charge in [-0.3, -0.25) is 14.6 Å². The summed E-state index contributed by atoms with van der Waals surface area (Å²) >= 11 is 0. The molecule has 1 saturated carbocycles. The maximum absolute atomic E-state index is 11.8. The summed E-state index contributed by atoms with van der Waals surface area (Å²) in [5, 5.41) is 12.4. The van der Waals surface area contributed by atoms with Crippen LogP contribution in [-0.4, -0.2) is 47.0 Å². The average Bonchev–Trinajstić information content (AvgIpc) is 2.86. The van der Waals surface area contributed by atoms with Gasteiger partial charge in [-0.05, 0) is 25.0 Å². The molecule has 1 fully saturated rings. The van der Waals surface area contributed by atoms with E-state index < -0.39 is 5.97 Å². The number of carbonyl (C=O) groups excluding carboxylic acids is 1. The second-order valence-electron chi connectivity index (χ2n) is 5.26. The van der Waals surface area contributed by atoms with Gasteiger partial charge in [0.1, 0.15) is 5.69 Å². The molecule has 0 radical (unpaired) electrons. The lowest BCUT2D eigenvalue weighted by atomic mass is 10.0. The molecule has 2 rings (SSSR count). The molecule has 20 heavy (non-hydrogen) atoms. The van der Waals surface area contributed by atoms with E-state index >= 15 is 0 Å². The van der Waals surface area contributed by atoms with Crippen molar-refractivity contribution in [3.8, 4) is 0 Å². The van der Waals surface area contributed by atoms with Gasteiger partial charge in [0.2, 0.25) is 0 Å². The van der Waals surface area contributed by atoms with Crippen LogP contribution in [-0.2, 0) is 4.79 Å². The molecule has 2 atom stereocenters. The number of hydrogen-bond donors (Lipinski definition) is 2. The Morgan fingerprint density at radius 3 is 2.80 bits per heavy atom. The van der Waals surface area contributed by atoms with Crippen molar-refractivity contribution in [1.29, 1.82) is 0 Å². The summed E-state index contributed by atoms with van der Waals surface area (Å²) < 4.78 is 0. The highest BCUT2D eigenvalue weighted by atomic mass is 16.4. The molecular formula is C14H19N3O3. The molecule has 1 heterocycles. The molecule has 108 valence electrons. The third-order valence-corrected chi connectivity index (χ3v) is 3.57. The van der Waals surface area contributed by atoms with Gasteiger partial charge in [0.05, 0.1) is 5.92 Å². The normalized spacial score (nSPS) is 21.5. The Labute approximate surface area is 117 Å². The van der Waals surface area contributed by atoms with Gasteiger partial charge in [-0.25, -0.2) is 0 Å². The van der Waals surface area contributed by atoms with Crippen molar-refractivity contribution in [1.82, 2.24) is 9.88 Å². The van der Waals surface area contributed by atoms with Crippen molar-refractivity contribution in [3.05, 3.63) is 24.0 Å². The first-order valence-electron chi connectivity index (χ1n) is 6.66. The lowest BCUT2D eigenvalue weighted by molar-refractivity contribution is -0.141. The number of aromatic nitrogens is 1. The van der Waals surface area contributed by atoms with E-state index in [2.05, 4.69) is 10.3 Å². The Morgan fingerprint density at radius 2 is 2.15 bits per heavy atom. The summed E-state index contributed by atoms with van der Waals surface area (Å²) in [5.74, 6) is -1.30. The minimum Gasteiger partial charge on any atom is -0.481 e. The Bertz CT molecular complexity index is 516. The molecule has 1 amide bonds. The van der Waals surface area contributed by atoms with Gasteiger partial charge < -0.3 is 15.3 Å². The Morgan fingerprint density at radius 1 is 1.40 bits per heavy atom. The Kier molecular flexibility index (Phi) is 4.22. The first-order chi connectivity index (χ1) is 9.49. The maximum atomic E-state index is 11.8. The van der Waals surface area contributed by atoms with Gasteiger partial charge in [-0.15, -0.1) is 0 Å². The minimum absolute atomic E-state index is 0.0859. The molecule has 1 aromatic heterocycles. The van der Waals surface area contributed by atoms with E-state index in [-0.39, 0.29) is 17.9 Å². The predicted octanol–water partition coefficient (Wildman–Crippen LogP) is 1.45. The number of nitrogens with zero attached hydrogens (tertiary/aromatic N) is 2. The molecule has 0 aliphatic heterocycles. The quantitative estimate of drug-likeness (QED) is 0.870. The second kappa shape index (κ2) is 5.90. The van der Waals surface area contributed by atoms with E-state index in [4.69, 9.17) is 5.11 Å². The molecule has 2 N–H and O–H groups in total. The van der Waals surface area contributed by atoms with E-state index in [1.807, 2.05) is 0 Å². The van der Waals surface area contributed by atoms with Crippen LogP contribution in [0.2, 0.25) is 0 Å². The molecule has 0 spiro atoms. The zero-order valence-corrected chi connectivity index (χ0v) is 11.7. The van der Waals surface area contributed by atoms with Crippen molar-refractivity contribution in [2.45, 2.75) is 25.3 Å². The van der Waals surface area contributed by atoms with E-state index in [0.717, 1.165) is 18.5 Å². The first-order valence-corrected chi connectivity index (χ1v) is 6.66. The van der Waals surface area contributed by atoms with Crippen LogP contribution in [0, 0.1) is 5.92 Å². The van der Waals surface area contributed by atoms with Crippen LogP contribution in [0.3, 0.4) is 0 Å². The molecule has 1 aliphatic carbocycles. The third kappa shape index (κ3) is 3.07. The standard InChI is InChI=1S/C14H19N3O3/c1-17(2)13(18)12-8-9(6-7-15-12)16-11-5-3-4-10(11)14(19)20/h6-8,10-11H,3-5H2,1-2H3,(H,15,16)(H,19,20). The van der Waals surface area contributed by atoms with Gasteiger partial charge in [0.25, 0.3) is 5.91 Å². The fraction of sp³-hybridized carbons (Fsp3) is 0.500. The maximum Gasteiger partial charge on any atom is 0.308 e. The highest BCUT2D eigenvalue weighted by molar-refractivity contribution is 5.92. The van der Waals surface area contributed by atoms with Crippen LogP contribution < -0.4 is 5.32 Å². The minimum atomic E-state index is -0.765. The van der Waals surface area contributed by atoms with Crippen LogP contribution in [0.25, 0.3) is 0 Å². The highest BCUT2D eigenvalue weighted by Gasteiger charge is 2.32. The van der Waals surface area contributed by atoms with Crippen LogP contribution >= 0.6 is 0 Å². The number of carboxylic acid groups (broad SMARTS) is 1. The Balaban J connectivity index is 2.12. The van der Waals surface area contributed by atoms with E-state index in [1.165, 1.54) is 4.90 Å². The number of rotatable bonds is 4. The van der Waals surface area contributed by atoms with Crippen LogP contribution in [0.15, 0.2) is 18.3 Å². The van der Waals surface area contributed by atoms with Crippen molar-refractivity contribution in [2.75, 3.05) is 19.4 Å².